The summed E-state index contributed by atoms with van der Waals surface area (Å²) >= 11 is 0. The maximum Gasteiger partial charge on any atom is 0.155 e. The Hall–Kier alpha value is -1.90. The van der Waals surface area contributed by atoms with Gasteiger partial charge in [-0.25, -0.2) is 16.8 Å². The lowest BCUT2D eigenvalue weighted by Gasteiger charge is -2.44. The van der Waals surface area contributed by atoms with Crippen molar-refractivity contribution >= 4 is 19.7 Å². The van der Waals surface area contributed by atoms with Gasteiger partial charge in [0.15, 0.2) is 19.7 Å². The first-order valence-corrected chi connectivity index (χ1v) is 29.4. The summed E-state index contributed by atoms with van der Waals surface area (Å²) in [7, 11) is -6.22. The fraction of sp³-hybridized carbons (Fsp3) is 0.789. The Morgan fingerprint density at radius 2 is 0.971 bits per heavy atom. The van der Waals surface area contributed by atoms with E-state index >= 15 is 0 Å². The molecule has 0 aromatic carbocycles. The van der Waals surface area contributed by atoms with Crippen molar-refractivity contribution in [2.45, 2.75) is 226 Å². The van der Waals surface area contributed by atoms with E-state index in [0.717, 1.165) is 73.7 Å². The third-order valence-corrected chi connectivity index (χ3v) is 22.9. The predicted octanol–water partition coefficient (Wildman–Crippen LogP) is 10.9. The Morgan fingerprint density at radius 3 is 1.30 bits per heavy atom. The minimum atomic E-state index is -3.11. The molecule has 0 aromatic heterocycles. The number of aliphatic hydroxyl groups excluding tert-OH is 4. The SMILES string of the molecule is C.C=C1/C(=C\C=C2/CCC[C@]3(C)[C@@H]([C@@H](C)OCCCS(=O)(=O)C(C)(C)C)CC[C@@H]23)C[C@@H](O)C[C@@H]1O.C=C1/C(=C\C=C2/CCC[C@]3(C)[C@@H]([C@@H](C)OCCCS(=O)(=O)C(C)(C)C)CC[C@@H]23)C[C@H](O)C[C@H]1O. The van der Waals surface area contributed by atoms with Crippen LogP contribution in [0.4, 0.5) is 0 Å². The summed E-state index contributed by atoms with van der Waals surface area (Å²) in [4.78, 5) is 0. The van der Waals surface area contributed by atoms with Crippen LogP contribution in [0.15, 0.2) is 70.9 Å². The number of aliphatic hydroxyl groups is 4. The molecular weight excluding hydrogens is 909 g/mol. The molecule has 0 radical (unpaired) electrons. The largest absolute Gasteiger partial charge is 0.393 e. The molecule has 0 spiro atoms. The number of hydrogen-bond donors (Lipinski definition) is 4. The molecule has 0 amide bonds. The minimum absolute atomic E-state index is 0. The van der Waals surface area contributed by atoms with Gasteiger partial charge >= 0.3 is 0 Å². The maximum atomic E-state index is 12.4. The molecule has 6 aliphatic rings. The second-order valence-corrected chi connectivity index (χ2v) is 29.8. The molecule has 6 saturated carbocycles. The van der Waals surface area contributed by atoms with E-state index in [9.17, 15) is 37.3 Å². The number of ether oxygens (including phenoxy) is 2. The van der Waals surface area contributed by atoms with Crippen molar-refractivity contribution in [1.82, 2.24) is 0 Å². The summed E-state index contributed by atoms with van der Waals surface area (Å²) in [5.41, 5.74) is 6.69. The molecule has 396 valence electrons. The lowest BCUT2D eigenvalue weighted by molar-refractivity contribution is -0.0246. The summed E-state index contributed by atoms with van der Waals surface area (Å²) in [6.07, 6.45) is 20.9. The van der Waals surface area contributed by atoms with Crippen molar-refractivity contribution in [2.75, 3.05) is 24.7 Å². The molecular formula is C57H96O10S2. The Bertz CT molecular complexity index is 1970. The number of sulfone groups is 2. The van der Waals surface area contributed by atoms with Gasteiger partial charge in [-0.05, 0) is 202 Å². The third-order valence-electron chi connectivity index (χ3n) is 17.5. The predicted molar refractivity (Wildman–Crippen MR) is 283 cm³/mol. The van der Waals surface area contributed by atoms with Crippen LogP contribution in [0, 0.1) is 34.5 Å². The van der Waals surface area contributed by atoms with Gasteiger partial charge in [-0.15, -0.1) is 0 Å². The van der Waals surface area contributed by atoms with Crippen LogP contribution in [0.25, 0.3) is 0 Å². The quantitative estimate of drug-likeness (QED) is 0.123. The Labute approximate surface area is 420 Å². The van der Waals surface area contributed by atoms with E-state index in [4.69, 9.17) is 9.47 Å². The standard InChI is InChI=1S/2C28H46O5S.CH4/c2*1-19-22(17-23(29)18-26(19)30)11-10-21-9-7-14-28(6)24(12-13-25(21)28)20(2)33-15-8-16-34(31,32)27(3,4)5;/h2*10-11,20,23-26,29-30H,1,7-9,12-18H2,2-6H3;1H4/b2*21-10+,22-11-;/t20-,23+,24-,25+,26-,28-;20-,23-,24-,25+,26+,28-;/m11./s1. The molecule has 10 nitrogen and oxygen atoms in total. The molecule has 6 fully saturated rings. The van der Waals surface area contributed by atoms with Gasteiger partial charge in [-0.3, -0.25) is 0 Å². The highest BCUT2D eigenvalue weighted by Crippen LogP contribution is 2.60. The number of rotatable bonds is 14. The van der Waals surface area contributed by atoms with Crippen molar-refractivity contribution < 1.29 is 46.7 Å². The second-order valence-electron chi connectivity index (χ2n) is 24.0. The fourth-order valence-corrected chi connectivity index (χ4v) is 15.1. The average Bonchev–Trinajstić information content (AvgIpc) is 3.79. The van der Waals surface area contributed by atoms with E-state index in [-0.39, 0.29) is 42.0 Å². The van der Waals surface area contributed by atoms with Crippen molar-refractivity contribution in [3.63, 3.8) is 0 Å². The molecule has 6 aliphatic carbocycles. The van der Waals surface area contributed by atoms with Crippen molar-refractivity contribution in [1.29, 1.82) is 0 Å². The third kappa shape index (κ3) is 14.2. The van der Waals surface area contributed by atoms with Gasteiger partial charge in [-0.2, -0.15) is 0 Å². The zero-order chi connectivity index (χ0) is 50.6. The van der Waals surface area contributed by atoms with Crippen LogP contribution in [-0.2, 0) is 29.1 Å². The van der Waals surface area contributed by atoms with Crippen molar-refractivity contribution in [2.24, 2.45) is 34.5 Å². The minimum Gasteiger partial charge on any atom is -0.393 e. The molecule has 0 bridgehead atoms. The van der Waals surface area contributed by atoms with Crippen LogP contribution in [0.1, 0.15) is 179 Å². The van der Waals surface area contributed by atoms with E-state index in [1.54, 1.807) is 41.5 Å². The number of hydrogen-bond acceptors (Lipinski definition) is 10. The summed E-state index contributed by atoms with van der Waals surface area (Å²) in [6, 6.07) is 0. The Morgan fingerprint density at radius 1 is 0.623 bits per heavy atom. The van der Waals surface area contributed by atoms with E-state index in [2.05, 4.69) is 65.2 Å². The van der Waals surface area contributed by atoms with Gasteiger partial charge in [0, 0.05) is 26.1 Å². The molecule has 12 atom stereocenters. The fourth-order valence-electron chi connectivity index (χ4n) is 12.9. The Kier molecular flexibility index (Phi) is 20.7. The van der Waals surface area contributed by atoms with Gasteiger partial charge < -0.3 is 29.9 Å². The van der Waals surface area contributed by atoms with E-state index in [1.165, 1.54) is 24.0 Å². The van der Waals surface area contributed by atoms with Crippen LogP contribution < -0.4 is 0 Å². The maximum absolute atomic E-state index is 12.4. The van der Waals surface area contributed by atoms with Crippen LogP contribution in [0.2, 0.25) is 0 Å². The second kappa shape index (κ2) is 24.0. The van der Waals surface area contributed by atoms with Crippen LogP contribution in [-0.4, -0.2) is 108 Å². The first kappa shape index (κ1) is 59.7. The summed E-state index contributed by atoms with van der Waals surface area (Å²) in [5.74, 6) is 2.29. The molecule has 0 aromatic rings. The zero-order valence-corrected chi connectivity index (χ0v) is 45.3. The number of fused-ring (bicyclic) bond motifs is 2. The molecule has 0 unspecified atom stereocenters. The lowest BCUT2D eigenvalue weighted by atomic mass is 9.62. The summed E-state index contributed by atoms with van der Waals surface area (Å²) in [5, 5.41) is 40.4. The van der Waals surface area contributed by atoms with Crippen LogP contribution >= 0.6 is 0 Å². The molecule has 4 N–H and O–H groups in total. The van der Waals surface area contributed by atoms with E-state index in [0.29, 0.717) is 75.4 Å². The highest BCUT2D eigenvalue weighted by Gasteiger charge is 2.52. The smallest absolute Gasteiger partial charge is 0.155 e. The van der Waals surface area contributed by atoms with E-state index < -0.39 is 53.6 Å². The molecule has 0 aliphatic heterocycles. The first-order valence-electron chi connectivity index (χ1n) is 26.1. The van der Waals surface area contributed by atoms with Gasteiger partial charge in [0.05, 0.1) is 57.6 Å². The van der Waals surface area contributed by atoms with Gasteiger partial charge in [0.2, 0.25) is 0 Å². The summed E-state index contributed by atoms with van der Waals surface area (Å²) in [6.45, 7) is 28.7. The molecule has 0 saturated heterocycles. The monoisotopic (exact) mass is 1000 g/mol. The molecule has 12 heteroatoms. The topological polar surface area (TPSA) is 168 Å². The summed E-state index contributed by atoms with van der Waals surface area (Å²) < 4.78 is 60.4. The zero-order valence-electron chi connectivity index (χ0n) is 43.7. The van der Waals surface area contributed by atoms with Gasteiger partial charge in [-0.1, -0.05) is 69.9 Å². The first-order chi connectivity index (χ1) is 31.5. The highest BCUT2D eigenvalue weighted by atomic mass is 32.2. The van der Waals surface area contributed by atoms with E-state index in [1.807, 2.05) is 0 Å². The van der Waals surface area contributed by atoms with Crippen molar-refractivity contribution in [3.05, 3.63) is 70.9 Å². The van der Waals surface area contributed by atoms with Crippen LogP contribution in [0.3, 0.4) is 0 Å². The normalized spacial score (nSPS) is 35.6. The Balaban J connectivity index is 0.000000296. The van der Waals surface area contributed by atoms with Crippen LogP contribution in [0.5, 0.6) is 0 Å². The lowest BCUT2D eigenvalue weighted by Crippen LogP contribution is -2.39. The molecule has 0 heterocycles. The average molecular weight is 1010 g/mol. The van der Waals surface area contributed by atoms with Gasteiger partial charge in [0.1, 0.15) is 0 Å². The van der Waals surface area contributed by atoms with Crippen molar-refractivity contribution in [3.8, 4) is 0 Å². The molecule has 6 rings (SSSR count). The highest BCUT2D eigenvalue weighted by molar-refractivity contribution is 7.93. The number of allylic oxidation sites excluding steroid dienone is 6. The molecule has 69 heavy (non-hydrogen) atoms. The van der Waals surface area contributed by atoms with Gasteiger partial charge in [0.25, 0.3) is 0 Å².